The van der Waals surface area contributed by atoms with Crippen LogP contribution in [0.1, 0.15) is 31.3 Å². The second-order valence-corrected chi connectivity index (χ2v) is 5.71. The molecule has 0 saturated carbocycles. The number of carbonyl (C=O) groups excluding carboxylic acids is 1. The number of amides is 1. The Labute approximate surface area is 105 Å². The Balaban J connectivity index is 2.63. The van der Waals surface area contributed by atoms with Crippen molar-refractivity contribution in [3.05, 3.63) is 10.6 Å². The lowest BCUT2D eigenvalue weighted by molar-refractivity contribution is 0.0636. The molecule has 1 amide bonds. The highest BCUT2D eigenvalue weighted by Gasteiger charge is 2.17. The molecular formula is C11H18N2O3S. The fourth-order valence-corrected chi connectivity index (χ4v) is 2.14. The first-order valence-corrected chi connectivity index (χ1v) is 6.20. The second-order valence-electron chi connectivity index (χ2n) is 4.63. The number of anilines is 1. The van der Waals surface area contributed by atoms with Crippen LogP contribution in [0, 0.1) is 6.92 Å². The van der Waals surface area contributed by atoms with Gasteiger partial charge in [-0.05, 0) is 27.7 Å². The van der Waals surface area contributed by atoms with Crippen LogP contribution in [-0.4, -0.2) is 28.4 Å². The Bertz CT molecular complexity index is 396. The summed E-state index contributed by atoms with van der Waals surface area (Å²) in [4.78, 5) is 16.7. The van der Waals surface area contributed by atoms with Crippen LogP contribution in [0.3, 0.4) is 0 Å². The molecule has 17 heavy (non-hydrogen) atoms. The van der Waals surface area contributed by atoms with Gasteiger partial charge in [0.1, 0.15) is 5.60 Å². The van der Waals surface area contributed by atoms with Crippen LogP contribution in [-0.2, 0) is 11.2 Å². The fraction of sp³-hybridized carbons (Fsp3) is 0.636. The molecule has 1 rings (SSSR count). The molecule has 5 nitrogen and oxygen atoms in total. The summed E-state index contributed by atoms with van der Waals surface area (Å²) in [6.45, 7) is 7.33. The number of thiazole rings is 1. The van der Waals surface area contributed by atoms with Crippen molar-refractivity contribution >= 4 is 22.6 Å². The van der Waals surface area contributed by atoms with Crippen LogP contribution >= 0.6 is 11.3 Å². The first kappa shape index (κ1) is 13.9. The van der Waals surface area contributed by atoms with Gasteiger partial charge in [-0.15, -0.1) is 11.3 Å². The molecule has 1 heterocycles. The summed E-state index contributed by atoms with van der Waals surface area (Å²) < 4.78 is 5.12. The van der Waals surface area contributed by atoms with Gasteiger partial charge in [0.2, 0.25) is 0 Å². The number of ether oxygens (including phenoxy) is 1. The zero-order valence-corrected chi connectivity index (χ0v) is 11.3. The molecule has 0 aliphatic carbocycles. The molecule has 0 bridgehead atoms. The number of carbonyl (C=O) groups is 1. The lowest BCUT2D eigenvalue weighted by Gasteiger charge is -2.18. The van der Waals surface area contributed by atoms with Crippen molar-refractivity contribution in [2.45, 2.75) is 39.7 Å². The summed E-state index contributed by atoms with van der Waals surface area (Å²) >= 11 is 1.36. The van der Waals surface area contributed by atoms with Crippen molar-refractivity contribution in [3.8, 4) is 0 Å². The molecule has 0 atom stereocenters. The van der Waals surface area contributed by atoms with Crippen LogP contribution in [0.5, 0.6) is 0 Å². The highest BCUT2D eigenvalue weighted by molar-refractivity contribution is 7.15. The molecule has 0 aliphatic rings. The maximum absolute atomic E-state index is 11.5. The standard InChI is InChI=1S/C11H18N2O3S/c1-7-8(5-6-14)17-9(12-7)13-10(15)16-11(2,3)4/h14H,5-6H2,1-4H3,(H,12,13,15). The molecule has 0 unspecified atom stereocenters. The number of rotatable bonds is 3. The lowest BCUT2D eigenvalue weighted by atomic mass is 10.2. The normalized spacial score (nSPS) is 11.4. The Hall–Kier alpha value is -1.14. The van der Waals surface area contributed by atoms with Crippen molar-refractivity contribution in [2.75, 3.05) is 11.9 Å². The maximum atomic E-state index is 11.5. The van der Waals surface area contributed by atoms with Crippen LogP contribution in [0.15, 0.2) is 0 Å². The molecule has 1 aromatic rings. The summed E-state index contributed by atoms with van der Waals surface area (Å²) in [6.07, 6.45) is 0.0428. The maximum Gasteiger partial charge on any atom is 0.413 e. The SMILES string of the molecule is Cc1nc(NC(=O)OC(C)(C)C)sc1CCO. The van der Waals surface area contributed by atoms with E-state index < -0.39 is 11.7 Å². The predicted octanol–water partition coefficient (Wildman–Crippen LogP) is 2.33. The number of aliphatic hydroxyl groups is 1. The van der Waals surface area contributed by atoms with Crippen molar-refractivity contribution in [1.29, 1.82) is 0 Å². The minimum Gasteiger partial charge on any atom is -0.444 e. The summed E-state index contributed by atoms with van der Waals surface area (Å²) in [7, 11) is 0. The molecule has 6 heteroatoms. The number of nitrogens with zero attached hydrogens (tertiary/aromatic N) is 1. The molecule has 1 aromatic heterocycles. The molecule has 2 N–H and O–H groups in total. The minimum atomic E-state index is -0.523. The van der Waals surface area contributed by atoms with Gasteiger partial charge in [-0.3, -0.25) is 5.32 Å². The number of aromatic nitrogens is 1. The number of aryl methyl sites for hydroxylation is 1. The number of aliphatic hydroxyl groups excluding tert-OH is 1. The van der Waals surface area contributed by atoms with Gasteiger partial charge >= 0.3 is 6.09 Å². The minimum absolute atomic E-state index is 0.0783. The Morgan fingerprint density at radius 3 is 2.71 bits per heavy atom. The molecule has 0 spiro atoms. The quantitative estimate of drug-likeness (QED) is 0.873. The van der Waals surface area contributed by atoms with Gasteiger partial charge in [0.15, 0.2) is 5.13 Å². The van der Waals surface area contributed by atoms with E-state index in [1.807, 2.05) is 6.92 Å². The number of hydrogen-bond acceptors (Lipinski definition) is 5. The van der Waals surface area contributed by atoms with Crippen LogP contribution in [0.2, 0.25) is 0 Å². The third-order valence-corrected chi connectivity index (χ3v) is 2.97. The molecule has 0 aromatic carbocycles. The van der Waals surface area contributed by atoms with E-state index in [1.54, 1.807) is 20.8 Å². The Morgan fingerprint density at radius 2 is 2.18 bits per heavy atom. The Kier molecular flexibility index (Phi) is 4.47. The van der Waals surface area contributed by atoms with Crippen molar-refractivity contribution in [2.24, 2.45) is 0 Å². The fourth-order valence-electron chi connectivity index (χ4n) is 1.21. The average Bonchev–Trinajstić information content (AvgIpc) is 2.43. The van der Waals surface area contributed by atoms with Gasteiger partial charge < -0.3 is 9.84 Å². The van der Waals surface area contributed by atoms with Gasteiger partial charge in [-0.1, -0.05) is 0 Å². The number of hydrogen-bond donors (Lipinski definition) is 2. The topological polar surface area (TPSA) is 71.5 Å². The molecule has 0 saturated heterocycles. The molecule has 96 valence electrons. The van der Waals surface area contributed by atoms with Gasteiger partial charge in [-0.2, -0.15) is 0 Å². The molecule has 0 aliphatic heterocycles. The van der Waals surface area contributed by atoms with Gasteiger partial charge in [0, 0.05) is 17.9 Å². The predicted molar refractivity (Wildman–Crippen MR) is 67.5 cm³/mol. The summed E-state index contributed by atoms with van der Waals surface area (Å²) in [5.74, 6) is 0. The van der Waals surface area contributed by atoms with E-state index in [2.05, 4.69) is 10.3 Å². The lowest BCUT2D eigenvalue weighted by Crippen LogP contribution is -2.27. The van der Waals surface area contributed by atoms with Crippen molar-refractivity contribution in [3.63, 3.8) is 0 Å². The average molecular weight is 258 g/mol. The smallest absolute Gasteiger partial charge is 0.413 e. The van der Waals surface area contributed by atoms with Gasteiger partial charge in [0.25, 0.3) is 0 Å². The summed E-state index contributed by atoms with van der Waals surface area (Å²) in [6, 6.07) is 0. The highest BCUT2D eigenvalue weighted by Crippen LogP contribution is 2.23. The first-order valence-electron chi connectivity index (χ1n) is 5.39. The monoisotopic (exact) mass is 258 g/mol. The molecule has 0 fully saturated rings. The third kappa shape index (κ3) is 4.70. The molecule has 0 radical (unpaired) electrons. The Morgan fingerprint density at radius 1 is 1.53 bits per heavy atom. The summed E-state index contributed by atoms with van der Waals surface area (Å²) in [5.41, 5.74) is 0.305. The second kappa shape index (κ2) is 5.46. The van der Waals surface area contributed by atoms with Crippen LogP contribution in [0.4, 0.5) is 9.93 Å². The van der Waals surface area contributed by atoms with Crippen LogP contribution in [0.25, 0.3) is 0 Å². The van der Waals surface area contributed by atoms with E-state index in [9.17, 15) is 4.79 Å². The van der Waals surface area contributed by atoms with Gasteiger partial charge in [0.05, 0.1) is 5.69 Å². The van der Waals surface area contributed by atoms with E-state index in [4.69, 9.17) is 9.84 Å². The van der Waals surface area contributed by atoms with E-state index in [0.29, 0.717) is 11.6 Å². The van der Waals surface area contributed by atoms with Gasteiger partial charge in [-0.25, -0.2) is 9.78 Å². The van der Waals surface area contributed by atoms with Crippen LogP contribution < -0.4 is 5.32 Å². The first-order chi connectivity index (χ1) is 7.81. The van der Waals surface area contributed by atoms with Crippen molar-refractivity contribution < 1.29 is 14.6 Å². The number of nitrogens with one attached hydrogen (secondary N) is 1. The van der Waals surface area contributed by atoms with E-state index in [-0.39, 0.29) is 6.61 Å². The zero-order chi connectivity index (χ0) is 13.1. The third-order valence-electron chi connectivity index (χ3n) is 1.84. The molecular weight excluding hydrogens is 240 g/mol. The van der Waals surface area contributed by atoms with E-state index in [1.165, 1.54) is 11.3 Å². The van der Waals surface area contributed by atoms with E-state index in [0.717, 1.165) is 10.6 Å². The largest absolute Gasteiger partial charge is 0.444 e. The van der Waals surface area contributed by atoms with E-state index >= 15 is 0 Å². The zero-order valence-electron chi connectivity index (χ0n) is 10.5. The highest BCUT2D eigenvalue weighted by atomic mass is 32.1. The van der Waals surface area contributed by atoms with Crippen molar-refractivity contribution in [1.82, 2.24) is 4.98 Å². The summed E-state index contributed by atoms with van der Waals surface area (Å²) in [5, 5.41) is 11.9.